The molecule has 0 aliphatic heterocycles. The molecule has 0 aliphatic rings. The summed E-state index contributed by atoms with van der Waals surface area (Å²) in [6.45, 7) is 2.53. The zero-order chi connectivity index (χ0) is 13.7. The fourth-order valence-electron chi connectivity index (χ4n) is 1.85. The van der Waals surface area contributed by atoms with Gasteiger partial charge >= 0.3 is 0 Å². The van der Waals surface area contributed by atoms with Crippen LogP contribution in [0.5, 0.6) is 5.75 Å². The van der Waals surface area contributed by atoms with Crippen LogP contribution in [0.25, 0.3) is 0 Å². The summed E-state index contributed by atoms with van der Waals surface area (Å²) < 4.78 is 7.01. The summed E-state index contributed by atoms with van der Waals surface area (Å²) in [6, 6.07) is 3.81. The average molecular weight is 281 g/mol. The maximum Gasteiger partial charge on any atom is 0.122 e. The van der Waals surface area contributed by atoms with Crippen LogP contribution >= 0.6 is 11.6 Å². The number of alkyl halides is 1. The molecule has 0 bridgehead atoms. The van der Waals surface area contributed by atoms with Crippen molar-refractivity contribution in [3.63, 3.8) is 0 Å². The molecule has 0 atom stereocenters. The van der Waals surface area contributed by atoms with Crippen LogP contribution in [-0.2, 0) is 13.0 Å². The van der Waals surface area contributed by atoms with Gasteiger partial charge in [-0.3, -0.25) is 4.98 Å². The fraction of sp³-hybridized carbons (Fsp3) is 0.462. The molecule has 0 saturated heterocycles. The van der Waals surface area contributed by atoms with Crippen LogP contribution in [0.4, 0.5) is 0 Å². The molecule has 0 spiro atoms. The van der Waals surface area contributed by atoms with E-state index in [4.69, 9.17) is 16.3 Å². The van der Waals surface area contributed by atoms with E-state index < -0.39 is 0 Å². The van der Waals surface area contributed by atoms with Crippen LogP contribution in [-0.4, -0.2) is 33.0 Å². The van der Waals surface area contributed by atoms with Gasteiger partial charge in [-0.25, -0.2) is 4.68 Å². The van der Waals surface area contributed by atoms with Crippen molar-refractivity contribution in [2.45, 2.75) is 26.3 Å². The van der Waals surface area contributed by atoms with E-state index in [1.165, 1.54) is 0 Å². The Kier molecular flexibility index (Phi) is 4.74. The Morgan fingerprint density at radius 3 is 2.89 bits per heavy atom. The molecule has 2 aromatic rings. The van der Waals surface area contributed by atoms with E-state index in [0.717, 1.165) is 35.7 Å². The standard InChI is InChI=1S/C13H17ClN4O/c1-10-6-13(19-2)7-12(15-10)9-18-8-11(16-17-18)4-3-5-14/h6-8H,3-5,9H2,1-2H3. The lowest BCUT2D eigenvalue weighted by Gasteiger charge is -2.05. The Labute approximate surface area is 117 Å². The summed E-state index contributed by atoms with van der Waals surface area (Å²) in [7, 11) is 1.65. The lowest BCUT2D eigenvalue weighted by Crippen LogP contribution is -2.04. The quantitative estimate of drug-likeness (QED) is 0.761. The molecule has 0 unspecified atom stereocenters. The molecule has 2 rings (SSSR count). The third kappa shape index (κ3) is 3.92. The first-order chi connectivity index (χ1) is 9.21. The smallest absolute Gasteiger partial charge is 0.122 e. The molecule has 5 nitrogen and oxygen atoms in total. The number of nitrogens with zero attached hydrogens (tertiary/aromatic N) is 4. The van der Waals surface area contributed by atoms with Gasteiger partial charge in [-0.15, -0.1) is 16.7 Å². The van der Waals surface area contributed by atoms with Gasteiger partial charge in [0.15, 0.2) is 0 Å². The zero-order valence-electron chi connectivity index (χ0n) is 11.1. The highest BCUT2D eigenvalue weighted by Crippen LogP contribution is 2.14. The van der Waals surface area contributed by atoms with E-state index in [1.54, 1.807) is 11.8 Å². The van der Waals surface area contributed by atoms with Gasteiger partial charge in [-0.05, 0) is 19.8 Å². The van der Waals surface area contributed by atoms with Crippen LogP contribution in [0.3, 0.4) is 0 Å². The van der Waals surface area contributed by atoms with Crippen LogP contribution in [0.1, 0.15) is 23.5 Å². The largest absolute Gasteiger partial charge is 0.497 e. The number of pyridine rings is 1. The van der Waals surface area contributed by atoms with Crippen molar-refractivity contribution >= 4 is 11.6 Å². The predicted octanol–water partition coefficient (Wildman–Crippen LogP) is 2.21. The number of rotatable bonds is 6. The summed E-state index contributed by atoms with van der Waals surface area (Å²) in [4.78, 5) is 4.46. The van der Waals surface area contributed by atoms with Crippen molar-refractivity contribution in [1.29, 1.82) is 0 Å². The van der Waals surface area contributed by atoms with E-state index in [-0.39, 0.29) is 0 Å². The molecule has 2 aromatic heterocycles. The van der Waals surface area contributed by atoms with Gasteiger partial charge in [0.1, 0.15) is 5.75 Å². The van der Waals surface area contributed by atoms with Gasteiger partial charge in [0.05, 0.1) is 25.0 Å². The second-order valence-electron chi connectivity index (χ2n) is 4.34. The third-order valence-electron chi connectivity index (χ3n) is 2.69. The number of hydrogen-bond donors (Lipinski definition) is 0. The first kappa shape index (κ1) is 13.8. The monoisotopic (exact) mass is 280 g/mol. The molecule has 0 radical (unpaired) electrons. The van der Waals surface area contributed by atoms with Crippen molar-refractivity contribution in [3.05, 3.63) is 35.4 Å². The molecule has 6 heteroatoms. The Morgan fingerprint density at radius 1 is 1.32 bits per heavy atom. The molecule has 0 amide bonds. The summed E-state index contributed by atoms with van der Waals surface area (Å²) in [6.07, 6.45) is 3.70. The molecule has 2 heterocycles. The average Bonchev–Trinajstić information content (AvgIpc) is 2.83. The topological polar surface area (TPSA) is 52.8 Å². The zero-order valence-corrected chi connectivity index (χ0v) is 11.9. The molecular weight excluding hydrogens is 264 g/mol. The number of methoxy groups -OCH3 is 1. The molecular formula is C13H17ClN4O. The lowest BCUT2D eigenvalue weighted by atomic mass is 10.2. The van der Waals surface area contributed by atoms with E-state index >= 15 is 0 Å². The molecule has 0 aromatic carbocycles. The molecule has 0 fully saturated rings. The van der Waals surface area contributed by atoms with Crippen molar-refractivity contribution in [2.75, 3.05) is 13.0 Å². The maximum absolute atomic E-state index is 5.66. The van der Waals surface area contributed by atoms with Crippen LogP contribution < -0.4 is 4.74 Å². The van der Waals surface area contributed by atoms with Crippen molar-refractivity contribution in [2.24, 2.45) is 0 Å². The van der Waals surface area contributed by atoms with Crippen molar-refractivity contribution in [3.8, 4) is 5.75 Å². The van der Waals surface area contributed by atoms with Gasteiger partial charge in [-0.2, -0.15) is 0 Å². The van der Waals surface area contributed by atoms with Gasteiger partial charge < -0.3 is 4.74 Å². The van der Waals surface area contributed by atoms with Crippen LogP contribution in [0.15, 0.2) is 18.3 Å². The highest BCUT2D eigenvalue weighted by atomic mass is 35.5. The molecule has 0 aliphatic carbocycles. The Morgan fingerprint density at radius 2 is 2.16 bits per heavy atom. The minimum atomic E-state index is 0.589. The SMILES string of the molecule is COc1cc(C)nc(Cn2cc(CCCCl)nn2)c1. The second kappa shape index (κ2) is 6.52. The van der Waals surface area contributed by atoms with E-state index in [1.807, 2.05) is 25.3 Å². The first-order valence-electron chi connectivity index (χ1n) is 6.18. The van der Waals surface area contributed by atoms with Gasteiger partial charge in [0.25, 0.3) is 0 Å². The minimum absolute atomic E-state index is 0.589. The molecule has 19 heavy (non-hydrogen) atoms. The van der Waals surface area contributed by atoms with Gasteiger partial charge in [-0.1, -0.05) is 5.21 Å². The highest BCUT2D eigenvalue weighted by Gasteiger charge is 2.04. The molecule has 102 valence electrons. The van der Waals surface area contributed by atoms with E-state index in [9.17, 15) is 0 Å². The Bertz CT molecular complexity index is 541. The number of aryl methyl sites for hydroxylation is 2. The third-order valence-corrected chi connectivity index (χ3v) is 2.96. The summed E-state index contributed by atoms with van der Waals surface area (Å²) in [5.41, 5.74) is 2.79. The van der Waals surface area contributed by atoms with E-state index in [0.29, 0.717) is 12.4 Å². The lowest BCUT2D eigenvalue weighted by molar-refractivity contribution is 0.412. The van der Waals surface area contributed by atoms with Crippen LogP contribution in [0.2, 0.25) is 0 Å². The first-order valence-corrected chi connectivity index (χ1v) is 6.71. The second-order valence-corrected chi connectivity index (χ2v) is 4.72. The Hall–Kier alpha value is -1.62. The van der Waals surface area contributed by atoms with Crippen molar-refractivity contribution < 1.29 is 4.74 Å². The number of halogens is 1. The van der Waals surface area contributed by atoms with E-state index in [2.05, 4.69) is 15.3 Å². The predicted molar refractivity (Wildman–Crippen MR) is 73.7 cm³/mol. The molecule has 0 saturated carbocycles. The fourth-order valence-corrected chi connectivity index (χ4v) is 1.98. The number of hydrogen-bond acceptors (Lipinski definition) is 4. The number of ether oxygens (including phenoxy) is 1. The number of aromatic nitrogens is 4. The highest BCUT2D eigenvalue weighted by molar-refractivity contribution is 6.17. The van der Waals surface area contributed by atoms with Crippen molar-refractivity contribution in [1.82, 2.24) is 20.0 Å². The normalized spacial score (nSPS) is 10.7. The van der Waals surface area contributed by atoms with Gasteiger partial charge in [0, 0.05) is 29.9 Å². The summed E-state index contributed by atoms with van der Waals surface area (Å²) in [5.74, 6) is 1.45. The molecule has 0 N–H and O–H groups in total. The summed E-state index contributed by atoms with van der Waals surface area (Å²) in [5, 5.41) is 8.20. The van der Waals surface area contributed by atoms with Crippen LogP contribution in [0, 0.1) is 6.92 Å². The van der Waals surface area contributed by atoms with Gasteiger partial charge in [0.2, 0.25) is 0 Å². The summed E-state index contributed by atoms with van der Waals surface area (Å²) >= 11 is 5.66. The maximum atomic E-state index is 5.66. The minimum Gasteiger partial charge on any atom is -0.497 e. The Balaban J connectivity index is 2.08.